The molecule has 200 valence electrons. The monoisotopic (exact) mass is 507 g/mol. The number of fused-ring (bicyclic) bond motifs is 1. The van der Waals surface area contributed by atoms with Gasteiger partial charge in [0.25, 0.3) is 5.56 Å². The molecule has 3 aromatic rings. The highest BCUT2D eigenvalue weighted by atomic mass is 16.5. The van der Waals surface area contributed by atoms with E-state index in [-0.39, 0.29) is 24.1 Å². The number of methoxy groups -OCH3 is 1. The van der Waals surface area contributed by atoms with Crippen molar-refractivity contribution in [2.75, 3.05) is 33.9 Å². The molecule has 0 aliphatic carbocycles. The van der Waals surface area contributed by atoms with E-state index in [1.54, 1.807) is 13.2 Å². The van der Waals surface area contributed by atoms with Crippen LogP contribution in [0, 0.1) is 11.8 Å². The van der Waals surface area contributed by atoms with E-state index in [9.17, 15) is 9.59 Å². The average molecular weight is 508 g/mol. The van der Waals surface area contributed by atoms with Crippen molar-refractivity contribution in [1.29, 1.82) is 0 Å². The zero-order valence-corrected chi connectivity index (χ0v) is 23.2. The van der Waals surface area contributed by atoms with Crippen molar-refractivity contribution in [1.82, 2.24) is 14.8 Å². The SMILES string of the molecule is COc1cccc(-c2cc3ccc(OC[C@@H](C)CN(C)CC(C)C)cc3c(=O)n2CC(=O)NC(C)C)c1. The Bertz CT molecular complexity index is 1270. The first-order chi connectivity index (χ1) is 17.6. The maximum atomic E-state index is 13.7. The van der Waals surface area contributed by atoms with Gasteiger partial charge >= 0.3 is 0 Å². The highest BCUT2D eigenvalue weighted by Crippen LogP contribution is 2.27. The summed E-state index contributed by atoms with van der Waals surface area (Å²) in [6.45, 7) is 12.8. The summed E-state index contributed by atoms with van der Waals surface area (Å²) >= 11 is 0. The number of carbonyl (C=O) groups excluding carboxylic acids is 1. The van der Waals surface area contributed by atoms with Gasteiger partial charge in [0.2, 0.25) is 5.91 Å². The third kappa shape index (κ3) is 7.83. The van der Waals surface area contributed by atoms with E-state index in [0.717, 1.165) is 24.0 Å². The Morgan fingerprint density at radius 2 is 1.76 bits per heavy atom. The van der Waals surface area contributed by atoms with Crippen LogP contribution in [0.5, 0.6) is 11.5 Å². The molecule has 0 unspecified atom stereocenters. The topological polar surface area (TPSA) is 72.8 Å². The Morgan fingerprint density at radius 3 is 2.43 bits per heavy atom. The number of amides is 1. The molecule has 1 aromatic heterocycles. The number of aromatic nitrogens is 1. The number of nitrogens with one attached hydrogen (secondary N) is 1. The van der Waals surface area contributed by atoms with Crippen LogP contribution in [0.2, 0.25) is 0 Å². The number of hydrogen-bond acceptors (Lipinski definition) is 5. The second-order valence-corrected chi connectivity index (χ2v) is 10.7. The fraction of sp³-hybridized carbons (Fsp3) is 0.467. The van der Waals surface area contributed by atoms with Gasteiger partial charge in [0.15, 0.2) is 0 Å². The quantitative estimate of drug-likeness (QED) is 0.381. The summed E-state index contributed by atoms with van der Waals surface area (Å²) in [7, 11) is 3.73. The number of ether oxygens (including phenoxy) is 2. The molecule has 0 saturated heterocycles. The molecule has 37 heavy (non-hydrogen) atoms. The van der Waals surface area contributed by atoms with Crippen molar-refractivity contribution in [3.05, 3.63) is 58.9 Å². The lowest BCUT2D eigenvalue weighted by molar-refractivity contribution is -0.122. The first-order valence-electron chi connectivity index (χ1n) is 13.0. The minimum Gasteiger partial charge on any atom is -0.497 e. The predicted octanol–water partition coefficient (Wildman–Crippen LogP) is 4.80. The molecule has 1 atom stereocenters. The summed E-state index contributed by atoms with van der Waals surface area (Å²) in [5, 5.41) is 4.20. The van der Waals surface area contributed by atoms with Gasteiger partial charge in [-0.2, -0.15) is 0 Å². The Kier molecular flexibility index (Phi) is 9.75. The van der Waals surface area contributed by atoms with Gasteiger partial charge in [0, 0.05) is 30.6 Å². The molecule has 0 fully saturated rings. The lowest BCUT2D eigenvalue weighted by Crippen LogP contribution is -2.36. The second kappa shape index (κ2) is 12.8. The number of hydrogen-bond donors (Lipinski definition) is 1. The van der Waals surface area contributed by atoms with Gasteiger partial charge < -0.3 is 19.7 Å². The Morgan fingerprint density at radius 1 is 1.00 bits per heavy atom. The van der Waals surface area contributed by atoms with Gasteiger partial charge in [-0.05, 0) is 62.5 Å². The van der Waals surface area contributed by atoms with Crippen molar-refractivity contribution in [3.63, 3.8) is 0 Å². The Balaban J connectivity index is 1.94. The zero-order valence-electron chi connectivity index (χ0n) is 23.2. The number of pyridine rings is 1. The third-order valence-electron chi connectivity index (χ3n) is 6.03. The largest absolute Gasteiger partial charge is 0.497 e. The average Bonchev–Trinajstić information content (AvgIpc) is 2.83. The van der Waals surface area contributed by atoms with Gasteiger partial charge in [0.1, 0.15) is 18.0 Å². The smallest absolute Gasteiger partial charge is 0.259 e. The van der Waals surface area contributed by atoms with Crippen LogP contribution in [-0.2, 0) is 11.3 Å². The molecule has 0 saturated carbocycles. The molecular formula is C30H41N3O4. The van der Waals surface area contributed by atoms with Crippen LogP contribution in [0.3, 0.4) is 0 Å². The second-order valence-electron chi connectivity index (χ2n) is 10.7. The summed E-state index contributed by atoms with van der Waals surface area (Å²) < 4.78 is 13.0. The summed E-state index contributed by atoms with van der Waals surface area (Å²) in [6, 6.07) is 15.0. The highest BCUT2D eigenvalue weighted by Gasteiger charge is 2.16. The molecule has 0 bridgehead atoms. The lowest BCUT2D eigenvalue weighted by atomic mass is 10.1. The minimum atomic E-state index is -0.232. The molecule has 2 aromatic carbocycles. The van der Waals surface area contributed by atoms with E-state index in [1.807, 2.05) is 56.3 Å². The zero-order chi connectivity index (χ0) is 27.1. The molecule has 7 nitrogen and oxygen atoms in total. The van der Waals surface area contributed by atoms with Crippen LogP contribution in [-0.4, -0.2) is 55.3 Å². The summed E-state index contributed by atoms with van der Waals surface area (Å²) in [5.41, 5.74) is 1.23. The predicted molar refractivity (Wildman–Crippen MR) is 150 cm³/mol. The van der Waals surface area contributed by atoms with Crippen molar-refractivity contribution >= 4 is 16.7 Å². The fourth-order valence-corrected chi connectivity index (χ4v) is 4.63. The van der Waals surface area contributed by atoms with Crippen molar-refractivity contribution in [2.24, 2.45) is 11.8 Å². The number of rotatable bonds is 12. The highest BCUT2D eigenvalue weighted by molar-refractivity contribution is 5.87. The van der Waals surface area contributed by atoms with E-state index in [1.165, 1.54) is 4.57 Å². The standard InChI is InChI=1S/C30H41N3O4/c1-20(2)16-32(6)17-22(5)19-37-26-12-11-23-14-28(24-9-8-10-25(13-24)36-7)33(30(35)27(23)15-26)18-29(34)31-21(3)4/h8-15,20-22H,16-19H2,1-7H3,(H,31,34)/t22-/m0/s1. The van der Waals surface area contributed by atoms with Crippen molar-refractivity contribution in [2.45, 2.75) is 47.2 Å². The van der Waals surface area contributed by atoms with Crippen LogP contribution >= 0.6 is 0 Å². The van der Waals surface area contributed by atoms with Crippen LogP contribution in [0.4, 0.5) is 0 Å². The summed E-state index contributed by atoms with van der Waals surface area (Å²) in [5.74, 6) is 2.07. The maximum absolute atomic E-state index is 13.7. The summed E-state index contributed by atoms with van der Waals surface area (Å²) in [6.07, 6.45) is 0. The number of nitrogens with zero attached hydrogens (tertiary/aromatic N) is 2. The lowest BCUT2D eigenvalue weighted by Gasteiger charge is -2.23. The van der Waals surface area contributed by atoms with Gasteiger partial charge in [-0.15, -0.1) is 0 Å². The molecule has 1 heterocycles. The molecule has 0 radical (unpaired) electrons. The first-order valence-corrected chi connectivity index (χ1v) is 13.0. The van der Waals surface area contributed by atoms with Crippen LogP contribution in [0.1, 0.15) is 34.6 Å². The molecule has 7 heteroatoms. The van der Waals surface area contributed by atoms with Crippen molar-refractivity contribution in [3.8, 4) is 22.8 Å². The first kappa shape index (κ1) is 28.3. The minimum absolute atomic E-state index is 0.0227. The molecule has 0 spiro atoms. The molecule has 0 aliphatic rings. The molecule has 1 N–H and O–H groups in total. The van der Waals surface area contributed by atoms with Crippen molar-refractivity contribution < 1.29 is 14.3 Å². The molecule has 1 amide bonds. The van der Waals surface area contributed by atoms with Gasteiger partial charge in [-0.25, -0.2) is 0 Å². The van der Waals surface area contributed by atoms with E-state index in [2.05, 4.69) is 38.0 Å². The summed E-state index contributed by atoms with van der Waals surface area (Å²) in [4.78, 5) is 28.7. The number of benzene rings is 2. The fourth-order valence-electron chi connectivity index (χ4n) is 4.63. The Hall–Kier alpha value is -3.32. The van der Waals surface area contributed by atoms with Crippen LogP contribution in [0.25, 0.3) is 22.0 Å². The van der Waals surface area contributed by atoms with Gasteiger partial charge in [0.05, 0.1) is 24.8 Å². The van der Waals surface area contributed by atoms with E-state index in [0.29, 0.717) is 41.0 Å². The molecular weight excluding hydrogens is 466 g/mol. The number of carbonyl (C=O) groups is 1. The van der Waals surface area contributed by atoms with Gasteiger partial charge in [-0.3, -0.25) is 14.2 Å². The van der Waals surface area contributed by atoms with Gasteiger partial charge in [-0.1, -0.05) is 39.0 Å². The molecule has 0 aliphatic heterocycles. The van der Waals surface area contributed by atoms with E-state index in [4.69, 9.17) is 9.47 Å². The van der Waals surface area contributed by atoms with E-state index < -0.39 is 0 Å². The van der Waals surface area contributed by atoms with Crippen LogP contribution in [0.15, 0.2) is 53.3 Å². The third-order valence-corrected chi connectivity index (χ3v) is 6.03. The normalized spacial score (nSPS) is 12.4. The Labute approximate surface area is 220 Å². The van der Waals surface area contributed by atoms with E-state index >= 15 is 0 Å². The maximum Gasteiger partial charge on any atom is 0.259 e. The molecule has 3 rings (SSSR count). The van der Waals surface area contributed by atoms with Crippen LogP contribution < -0.4 is 20.3 Å².